The number of likely N-dealkylation sites (N-methyl/N-ethyl adjacent to an activating group) is 1. The van der Waals surface area contributed by atoms with Crippen LogP contribution in [0.2, 0.25) is 0 Å². The Bertz CT molecular complexity index is 1110. The Hall–Kier alpha value is -3.36. The average molecular weight is 449 g/mol. The Labute approximate surface area is 183 Å². The summed E-state index contributed by atoms with van der Waals surface area (Å²) in [6.07, 6.45) is -4.43. The number of rotatable bonds is 7. The van der Waals surface area contributed by atoms with Gasteiger partial charge in [-0.2, -0.15) is 18.3 Å². The Kier molecular flexibility index (Phi) is 6.86. The summed E-state index contributed by atoms with van der Waals surface area (Å²) in [5, 5.41) is 4.34. The van der Waals surface area contributed by atoms with Crippen molar-refractivity contribution in [2.24, 2.45) is 0 Å². The Balaban J connectivity index is 1.68. The van der Waals surface area contributed by atoms with Crippen molar-refractivity contribution >= 4 is 5.91 Å². The number of ether oxygens (including phenoxy) is 1. The van der Waals surface area contributed by atoms with E-state index in [0.717, 1.165) is 12.1 Å². The molecule has 1 amide bonds. The molecule has 0 saturated heterocycles. The lowest BCUT2D eigenvalue weighted by atomic mass is 10.1. The molecule has 0 spiro atoms. The van der Waals surface area contributed by atoms with Gasteiger partial charge >= 0.3 is 6.18 Å². The minimum Gasteiger partial charge on any atom is -0.489 e. The van der Waals surface area contributed by atoms with Gasteiger partial charge in [0.1, 0.15) is 6.61 Å². The maximum absolute atomic E-state index is 13.6. The lowest BCUT2D eigenvalue weighted by Crippen LogP contribution is -2.32. The number of alkyl halides is 3. The van der Waals surface area contributed by atoms with E-state index < -0.39 is 17.6 Å². The molecule has 3 aromatic rings. The molecule has 1 heterocycles. The summed E-state index contributed by atoms with van der Waals surface area (Å²) in [4.78, 5) is 14.1. The number of benzene rings is 2. The molecule has 0 aliphatic carbocycles. The van der Waals surface area contributed by atoms with E-state index in [-0.39, 0.29) is 36.9 Å². The topological polar surface area (TPSA) is 47.4 Å². The van der Waals surface area contributed by atoms with Crippen molar-refractivity contribution in [1.29, 1.82) is 0 Å². The van der Waals surface area contributed by atoms with Gasteiger partial charge in [-0.15, -0.1) is 0 Å². The highest BCUT2D eigenvalue weighted by atomic mass is 19.4. The fourth-order valence-corrected chi connectivity index (χ4v) is 3.26. The van der Waals surface area contributed by atoms with Crippen molar-refractivity contribution in [3.05, 3.63) is 76.9 Å². The van der Waals surface area contributed by atoms with Gasteiger partial charge in [-0.05, 0) is 44.2 Å². The summed E-state index contributed by atoms with van der Waals surface area (Å²) in [7, 11) is 1.61. The number of carbonyl (C=O) groups is 1. The first-order valence-corrected chi connectivity index (χ1v) is 9.92. The average Bonchev–Trinajstić information content (AvgIpc) is 3.02. The van der Waals surface area contributed by atoms with Crippen molar-refractivity contribution in [3.8, 4) is 11.4 Å². The molecule has 0 saturated carbocycles. The third kappa shape index (κ3) is 5.27. The van der Waals surface area contributed by atoms with Crippen LogP contribution in [0.5, 0.6) is 5.75 Å². The van der Waals surface area contributed by atoms with Crippen molar-refractivity contribution in [1.82, 2.24) is 14.7 Å². The number of para-hydroxylation sites is 1. The molecule has 32 heavy (non-hydrogen) atoms. The van der Waals surface area contributed by atoms with E-state index in [1.54, 1.807) is 33.0 Å². The molecule has 1 aromatic heterocycles. The zero-order valence-electron chi connectivity index (χ0n) is 17.9. The highest BCUT2D eigenvalue weighted by Crippen LogP contribution is 2.31. The summed E-state index contributed by atoms with van der Waals surface area (Å²) in [6.45, 7) is 3.78. The Morgan fingerprint density at radius 2 is 1.84 bits per heavy atom. The van der Waals surface area contributed by atoms with Gasteiger partial charge in [0.05, 0.1) is 29.9 Å². The monoisotopic (exact) mass is 449 g/mol. The number of hydrogen-bond donors (Lipinski definition) is 0. The normalized spacial score (nSPS) is 11.5. The van der Waals surface area contributed by atoms with Crippen LogP contribution in [-0.2, 0) is 17.4 Å². The van der Waals surface area contributed by atoms with Crippen LogP contribution in [0, 0.1) is 19.7 Å². The predicted molar refractivity (Wildman–Crippen MR) is 111 cm³/mol. The van der Waals surface area contributed by atoms with Gasteiger partial charge in [-0.1, -0.05) is 18.2 Å². The zero-order chi connectivity index (χ0) is 23.5. The van der Waals surface area contributed by atoms with Crippen molar-refractivity contribution in [2.45, 2.75) is 26.4 Å². The lowest BCUT2D eigenvalue weighted by Gasteiger charge is -2.18. The summed E-state index contributed by atoms with van der Waals surface area (Å²) < 4.78 is 59.5. The molecule has 0 radical (unpaired) electrons. The maximum atomic E-state index is 13.6. The zero-order valence-corrected chi connectivity index (χ0v) is 17.9. The van der Waals surface area contributed by atoms with Gasteiger partial charge in [-0.25, -0.2) is 9.07 Å². The first kappa shape index (κ1) is 23.3. The molecule has 3 rings (SSSR count). The predicted octanol–water partition coefficient (Wildman–Crippen LogP) is 4.73. The minimum absolute atomic E-state index is 0.0345. The van der Waals surface area contributed by atoms with Crippen LogP contribution < -0.4 is 4.74 Å². The summed E-state index contributed by atoms with van der Waals surface area (Å²) in [5.41, 5.74) is 1.30. The van der Waals surface area contributed by atoms with E-state index in [1.165, 1.54) is 33.8 Å². The molecule has 9 heteroatoms. The molecule has 0 atom stereocenters. The molecule has 0 bridgehead atoms. The van der Waals surface area contributed by atoms with Gasteiger partial charge in [0.2, 0.25) is 5.91 Å². The summed E-state index contributed by atoms with van der Waals surface area (Å²) >= 11 is 0. The van der Waals surface area contributed by atoms with Crippen LogP contribution in [0.25, 0.3) is 5.69 Å². The fraction of sp³-hybridized carbons (Fsp3) is 0.304. The number of halogens is 4. The third-order valence-electron chi connectivity index (χ3n) is 5.13. The van der Waals surface area contributed by atoms with Gasteiger partial charge in [0, 0.05) is 18.3 Å². The molecule has 0 aliphatic heterocycles. The summed E-state index contributed by atoms with van der Waals surface area (Å²) in [5.74, 6) is -0.575. The molecule has 2 aromatic carbocycles. The standard InChI is InChI=1S/C23H23F4N3O2/c1-15-19(14-22(31)29(3)11-12-32-21-10-5-4-9-20(21)24)16(2)30(28-15)18-8-6-7-17(13-18)23(25,26)27/h4-10,13H,11-12,14H2,1-3H3. The van der Waals surface area contributed by atoms with Gasteiger partial charge < -0.3 is 9.64 Å². The number of aryl methyl sites for hydroxylation is 1. The second kappa shape index (κ2) is 9.42. The van der Waals surface area contributed by atoms with Crippen molar-refractivity contribution in [2.75, 3.05) is 20.2 Å². The van der Waals surface area contributed by atoms with E-state index in [9.17, 15) is 22.4 Å². The van der Waals surface area contributed by atoms with E-state index in [2.05, 4.69) is 5.10 Å². The van der Waals surface area contributed by atoms with Crippen molar-refractivity contribution < 1.29 is 27.1 Å². The number of aromatic nitrogens is 2. The second-order valence-corrected chi connectivity index (χ2v) is 7.38. The van der Waals surface area contributed by atoms with Crippen LogP contribution in [-0.4, -0.2) is 40.8 Å². The Morgan fingerprint density at radius 3 is 2.53 bits per heavy atom. The van der Waals surface area contributed by atoms with E-state index in [0.29, 0.717) is 17.0 Å². The van der Waals surface area contributed by atoms with Gasteiger partial charge in [-0.3, -0.25) is 4.79 Å². The van der Waals surface area contributed by atoms with E-state index in [1.807, 2.05) is 0 Å². The fourth-order valence-electron chi connectivity index (χ4n) is 3.26. The first-order valence-electron chi connectivity index (χ1n) is 9.92. The second-order valence-electron chi connectivity index (χ2n) is 7.38. The molecular weight excluding hydrogens is 426 g/mol. The molecule has 0 unspecified atom stereocenters. The van der Waals surface area contributed by atoms with Gasteiger partial charge in [0.15, 0.2) is 11.6 Å². The number of carbonyl (C=O) groups excluding carboxylic acids is 1. The third-order valence-corrected chi connectivity index (χ3v) is 5.13. The quantitative estimate of drug-likeness (QED) is 0.490. The van der Waals surface area contributed by atoms with E-state index >= 15 is 0 Å². The molecule has 0 aliphatic rings. The van der Waals surface area contributed by atoms with Crippen LogP contribution in [0.15, 0.2) is 48.5 Å². The van der Waals surface area contributed by atoms with Gasteiger partial charge in [0.25, 0.3) is 0 Å². The first-order chi connectivity index (χ1) is 15.1. The van der Waals surface area contributed by atoms with E-state index in [4.69, 9.17) is 4.74 Å². The highest BCUT2D eigenvalue weighted by Gasteiger charge is 2.31. The molecule has 0 N–H and O–H groups in total. The smallest absolute Gasteiger partial charge is 0.416 e. The molecule has 170 valence electrons. The van der Waals surface area contributed by atoms with Crippen molar-refractivity contribution in [3.63, 3.8) is 0 Å². The maximum Gasteiger partial charge on any atom is 0.416 e. The number of hydrogen-bond acceptors (Lipinski definition) is 3. The van der Waals surface area contributed by atoms with Crippen LogP contribution in [0.4, 0.5) is 17.6 Å². The summed E-state index contributed by atoms with van der Waals surface area (Å²) in [6, 6.07) is 10.9. The number of amides is 1. The largest absolute Gasteiger partial charge is 0.489 e. The SMILES string of the molecule is Cc1nn(-c2cccc(C(F)(F)F)c2)c(C)c1CC(=O)N(C)CCOc1ccccc1F. The Morgan fingerprint density at radius 1 is 1.12 bits per heavy atom. The van der Waals surface area contributed by atoms with Crippen LogP contribution in [0.3, 0.4) is 0 Å². The highest BCUT2D eigenvalue weighted by molar-refractivity contribution is 5.79. The molecule has 5 nitrogen and oxygen atoms in total. The van der Waals surface area contributed by atoms with Crippen LogP contribution >= 0.6 is 0 Å². The molecular formula is C23H23F4N3O2. The minimum atomic E-state index is -4.46. The van der Waals surface area contributed by atoms with Crippen LogP contribution in [0.1, 0.15) is 22.5 Å². The molecule has 0 fully saturated rings. The number of nitrogens with zero attached hydrogens (tertiary/aromatic N) is 3. The lowest BCUT2D eigenvalue weighted by molar-refractivity contribution is -0.137.